The molecule has 4 nitrogen and oxygen atoms in total. The summed E-state index contributed by atoms with van der Waals surface area (Å²) >= 11 is 0. The lowest BCUT2D eigenvalue weighted by Gasteiger charge is -2.34. The average molecular weight is 796 g/mol. The summed E-state index contributed by atoms with van der Waals surface area (Å²) in [7, 11) is -2.78. The zero-order chi connectivity index (χ0) is 40.3. The molecule has 0 saturated heterocycles. The predicted molar refractivity (Wildman–Crippen MR) is 256 cm³/mol. The molecule has 3 aromatic heterocycles. The highest BCUT2D eigenvalue weighted by molar-refractivity contribution is 7.19. The third-order valence-corrected chi connectivity index (χ3v) is 17.1. The molecule has 0 saturated carbocycles. The van der Waals surface area contributed by atoms with Crippen LogP contribution in [-0.2, 0) is 0 Å². The molecule has 286 valence electrons. The van der Waals surface area contributed by atoms with Crippen molar-refractivity contribution in [1.82, 2.24) is 14.5 Å². The molecule has 61 heavy (non-hydrogen) atoms. The smallest absolute Gasteiger partial charge is 0.235 e. The minimum absolute atomic E-state index is 0.641. The van der Waals surface area contributed by atoms with Crippen molar-refractivity contribution in [2.75, 3.05) is 0 Å². The van der Waals surface area contributed by atoms with Gasteiger partial charge < -0.3 is 4.42 Å². The number of benzene rings is 9. The number of hydrogen-bond acceptors (Lipinski definition) is 3. The van der Waals surface area contributed by atoms with Gasteiger partial charge in [0.15, 0.2) is 8.07 Å². The van der Waals surface area contributed by atoms with Gasteiger partial charge in [0.2, 0.25) is 5.95 Å². The summed E-state index contributed by atoms with van der Waals surface area (Å²) in [5.41, 5.74) is 9.05. The van der Waals surface area contributed by atoms with Gasteiger partial charge in [-0.3, -0.25) is 4.57 Å². The lowest BCUT2D eigenvalue weighted by Crippen LogP contribution is -2.74. The Kier molecular flexibility index (Phi) is 8.15. The molecule has 3 heterocycles. The largest absolute Gasteiger partial charge is 0.456 e. The van der Waals surface area contributed by atoms with Gasteiger partial charge in [-0.25, -0.2) is 9.97 Å². The standard InChI is InChI=1S/C56H37N3OSi/c1-4-18-41(19-5-1)61(42-20-6-2-7-21-42,43-22-8-3-9-23-43)44-24-16-17-40(35-44)55-47-27-10-13-28-50(47)57-56(58-55)59-51-29-14-11-25-45(51)48-36-38(31-33-52(48)59)39-32-34-54-49(37-39)46-26-12-15-30-53(46)60-54/h1-37H. The Labute approximate surface area is 353 Å². The molecule has 0 spiro atoms. The molecule has 0 N–H and O–H groups in total. The SMILES string of the molecule is c1ccc([Si](c2ccccc2)(c2ccccc2)c2cccc(-c3nc(-n4c5ccccc5c5cc(-c6ccc7oc8ccccc8c7c6)ccc54)nc4ccccc34)c2)cc1. The van der Waals surface area contributed by atoms with E-state index in [2.05, 4.69) is 217 Å². The van der Waals surface area contributed by atoms with E-state index in [0.29, 0.717) is 5.95 Å². The van der Waals surface area contributed by atoms with E-state index in [1.54, 1.807) is 0 Å². The normalized spacial score (nSPS) is 11.9. The van der Waals surface area contributed by atoms with Gasteiger partial charge in [0.05, 0.1) is 22.2 Å². The maximum absolute atomic E-state index is 6.16. The van der Waals surface area contributed by atoms with E-state index < -0.39 is 8.07 Å². The van der Waals surface area contributed by atoms with Crippen molar-refractivity contribution in [2.24, 2.45) is 0 Å². The Morgan fingerprint density at radius 2 is 0.885 bits per heavy atom. The molecule has 0 amide bonds. The monoisotopic (exact) mass is 795 g/mol. The number of nitrogens with zero attached hydrogens (tertiary/aromatic N) is 3. The van der Waals surface area contributed by atoms with Crippen molar-refractivity contribution in [1.29, 1.82) is 0 Å². The van der Waals surface area contributed by atoms with Crippen LogP contribution in [0.2, 0.25) is 0 Å². The molecule has 0 aliphatic carbocycles. The zero-order valence-electron chi connectivity index (χ0n) is 33.1. The van der Waals surface area contributed by atoms with Gasteiger partial charge in [-0.05, 0) is 74.3 Å². The Hall–Kier alpha value is -7.86. The second-order valence-electron chi connectivity index (χ2n) is 15.7. The third-order valence-electron chi connectivity index (χ3n) is 12.4. The van der Waals surface area contributed by atoms with Crippen LogP contribution >= 0.6 is 0 Å². The van der Waals surface area contributed by atoms with Crippen LogP contribution in [0.4, 0.5) is 0 Å². The van der Waals surface area contributed by atoms with Gasteiger partial charge in [0.1, 0.15) is 11.2 Å². The first-order valence-corrected chi connectivity index (χ1v) is 22.7. The van der Waals surface area contributed by atoms with Gasteiger partial charge in [-0.15, -0.1) is 0 Å². The molecule has 0 aliphatic rings. The molecular formula is C56H37N3OSi. The van der Waals surface area contributed by atoms with Crippen molar-refractivity contribution in [3.05, 3.63) is 224 Å². The number of rotatable bonds is 7. The van der Waals surface area contributed by atoms with Crippen LogP contribution in [-0.4, -0.2) is 22.6 Å². The minimum Gasteiger partial charge on any atom is -0.456 e. The van der Waals surface area contributed by atoms with Crippen molar-refractivity contribution in [3.63, 3.8) is 0 Å². The first kappa shape index (κ1) is 35.1. The Bertz CT molecular complexity index is 3500. The average Bonchev–Trinajstić information content (AvgIpc) is 3.88. The van der Waals surface area contributed by atoms with Gasteiger partial charge in [0, 0.05) is 32.5 Å². The zero-order valence-corrected chi connectivity index (χ0v) is 34.1. The van der Waals surface area contributed by atoms with Crippen LogP contribution in [0.15, 0.2) is 229 Å². The minimum atomic E-state index is -2.78. The fraction of sp³-hybridized carbons (Fsp3) is 0. The third kappa shape index (κ3) is 5.59. The fourth-order valence-electron chi connectivity index (χ4n) is 9.62. The van der Waals surface area contributed by atoms with Gasteiger partial charge in [-0.1, -0.05) is 182 Å². The molecule has 12 aromatic rings. The lowest BCUT2D eigenvalue weighted by atomic mass is 10.0. The number of fused-ring (bicyclic) bond motifs is 7. The van der Waals surface area contributed by atoms with E-state index in [1.165, 1.54) is 20.7 Å². The van der Waals surface area contributed by atoms with Gasteiger partial charge in [0.25, 0.3) is 0 Å². The number of aromatic nitrogens is 3. The van der Waals surface area contributed by atoms with Crippen LogP contribution < -0.4 is 20.7 Å². The topological polar surface area (TPSA) is 43.9 Å². The Morgan fingerprint density at radius 1 is 0.344 bits per heavy atom. The molecule has 9 aromatic carbocycles. The molecule has 0 unspecified atom stereocenters. The molecule has 5 heteroatoms. The highest BCUT2D eigenvalue weighted by Crippen LogP contribution is 2.38. The van der Waals surface area contributed by atoms with Crippen molar-refractivity contribution in [2.45, 2.75) is 0 Å². The van der Waals surface area contributed by atoms with Crippen molar-refractivity contribution < 1.29 is 4.42 Å². The van der Waals surface area contributed by atoms with E-state index in [1.807, 2.05) is 12.1 Å². The van der Waals surface area contributed by atoms with E-state index >= 15 is 0 Å². The van der Waals surface area contributed by atoms with Crippen LogP contribution in [0.5, 0.6) is 0 Å². The van der Waals surface area contributed by atoms with Gasteiger partial charge >= 0.3 is 0 Å². The first-order chi connectivity index (χ1) is 30.2. The Morgan fingerprint density at radius 3 is 1.61 bits per heavy atom. The van der Waals surface area contributed by atoms with E-state index in [4.69, 9.17) is 14.4 Å². The summed E-state index contributed by atoms with van der Waals surface area (Å²) in [5, 5.41) is 10.9. The maximum Gasteiger partial charge on any atom is 0.235 e. The molecule has 0 radical (unpaired) electrons. The summed E-state index contributed by atoms with van der Waals surface area (Å²) < 4.78 is 8.40. The quantitative estimate of drug-likeness (QED) is 0.119. The summed E-state index contributed by atoms with van der Waals surface area (Å²) in [6, 6.07) is 80.8. The summed E-state index contributed by atoms with van der Waals surface area (Å²) in [6.07, 6.45) is 0. The molecule has 0 bridgehead atoms. The molecule has 12 rings (SSSR count). The maximum atomic E-state index is 6.16. The first-order valence-electron chi connectivity index (χ1n) is 20.7. The number of para-hydroxylation sites is 3. The molecule has 0 fully saturated rings. The highest BCUT2D eigenvalue weighted by Gasteiger charge is 2.41. The van der Waals surface area contributed by atoms with E-state index in [-0.39, 0.29) is 0 Å². The fourth-order valence-corrected chi connectivity index (χ4v) is 14.4. The number of hydrogen-bond donors (Lipinski definition) is 0. The molecular weight excluding hydrogens is 759 g/mol. The highest BCUT2D eigenvalue weighted by atomic mass is 28.3. The molecule has 0 aliphatic heterocycles. The van der Waals surface area contributed by atoms with Crippen LogP contribution in [0.3, 0.4) is 0 Å². The lowest BCUT2D eigenvalue weighted by molar-refractivity contribution is 0.669. The van der Waals surface area contributed by atoms with E-state index in [9.17, 15) is 0 Å². The summed E-state index contributed by atoms with van der Waals surface area (Å²) in [5.74, 6) is 0.641. The predicted octanol–water partition coefficient (Wildman–Crippen LogP) is 11.3. The van der Waals surface area contributed by atoms with Crippen LogP contribution in [0.25, 0.3) is 83.0 Å². The summed E-state index contributed by atoms with van der Waals surface area (Å²) in [6.45, 7) is 0. The van der Waals surface area contributed by atoms with Gasteiger partial charge in [-0.2, -0.15) is 0 Å². The number of furan rings is 1. The second-order valence-corrected chi connectivity index (χ2v) is 19.5. The van der Waals surface area contributed by atoms with Crippen LogP contribution in [0, 0.1) is 0 Å². The molecule has 0 atom stereocenters. The second kappa shape index (κ2) is 14.2. The summed E-state index contributed by atoms with van der Waals surface area (Å²) in [4.78, 5) is 10.9. The van der Waals surface area contributed by atoms with E-state index in [0.717, 1.165) is 77.0 Å². The van der Waals surface area contributed by atoms with Crippen molar-refractivity contribution >= 4 is 83.5 Å². The van der Waals surface area contributed by atoms with Crippen molar-refractivity contribution in [3.8, 4) is 28.3 Å². The van der Waals surface area contributed by atoms with Crippen LogP contribution in [0.1, 0.15) is 0 Å². The Balaban J connectivity index is 1.06.